The molecule has 1 heterocycles. The number of nitrogens with two attached hydrogens (primary N) is 1. The van der Waals surface area contributed by atoms with Gasteiger partial charge in [0.25, 0.3) is 0 Å². The van der Waals surface area contributed by atoms with Gasteiger partial charge in [-0.25, -0.2) is 4.99 Å². The van der Waals surface area contributed by atoms with Crippen LogP contribution in [-0.4, -0.2) is 17.7 Å². The van der Waals surface area contributed by atoms with Crippen LogP contribution in [0.25, 0.3) is 0 Å². The summed E-state index contributed by atoms with van der Waals surface area (Å²) in [4.78, 5) is 3.66. The number of alkyl halides is 1. The molecule has 0 spiro atoms. The Morgan fingerprint density at radius 2 is 2.62 bits per heavy atom. The average Bonchev–Trinajstić information content (AvgIpc) is 1.64. The summed E-state index contributed by atoms with van der Waals surface area (Å²) in [5.74, 6) is 2.56. The first kappa shape index (κ1) is 5.79. The monoisotopic (exact) mass is 131 g/mol. The first-order valence-corrected chi connectivity index (χ1v) is 2.67. The van der Waals surface area contributed by atoms with E-state index in [1.54, 1.807) is 6.08 Å². The van der Waals surface area contributed by atoms with E-state index in [1.165, 1.54) is 0 Å². The fourth-order valence-corrected chi connectivity index (χ4v) is 0.623. The fraction of sp³-hybridized carbons (Fsp3) is 0.500. The highest BCUT2D eigenvalue weighted by Gasteiger charge is 2.05. The molecule has 1 rings (SSSR count). The van der Waals surface area contributed by atoms with Crippen LogP contribution in [0.1, 0.15) is 0 Å². The number of hydrogen-bond donors (Lipinski definition) is 2. The van der Waals surface area contributed by atoms with Gasteiger partial charge in [0, 0.05) is 6.08 Å². The summed E-state index contributed by atoms with van der Waals surface area (Å²) in [7, 11) is 0. The van der Waals surface area contributed by atoms with Crippen molar-refractivity contribution in [3.63, 3.8) is 0 Å². The second-order valence-electron chi connectivity index (χ2n) is 1.44. The first-order valence-electron chi connectivity index (χ1n) is 2.23. The van der Waals surface area contributed by atoms with Crippen molar-refractivity contribution in [2.75, 3.05) is 0 Å². The normalized spacial score (nSPS) is 35.8. The zero-order chi connectivity index (χ0) is 5.98. The van der Waals surface area contributed by atoms with E-state index in [9.17, 15) is 0 Å². The van der Waals surface area contributed by atoms with Gasteiger partial charge in [-0.1, -0.05) is 0 Å². The molecule has 4 heteroatoms. The molecular weight excluding hydrogens is 126 g/mol. The summed E-state index contributed by atoms with van der Waals surface area (Å²) in [6.07, 6.45) is 1.22. The zero-order valence-electron chi connectivity index (χ0n) is 4.13. The molecule has 0 aromatic rings. The minimum atomic E-state index is -0.387. The van der Waals surface area contributed by atoms with Gasteiger partial charge in [0.15, 0.2) is 6.29 Å². The maximum atomic E-state index is 5.54. The molecule has 1 aliphatic heterocycles. The largest absolute Gasteiger partial charge is 0.297 e. The van der Waals surface area contributed by atoms with Crippen LogP contribution in [0.4, 0.5) is 0 Å². The molecule has 0 bridgehead atoms. The van der Waals surface area contributed by atoms with Crippen LogP contribution in [0.3, 0.4) is 0 Å². The Morgan fingerprint density at radius 3 is 3.00 bits per heavy atom. The van der Waals surface area contributed by atoms with Crippen molar-refractivity contribution in [3.8, 4) is 0 Å². The molecule has 0 saturated carbocycles. The molecule has 0 fully saturated rings. The molecule has 44 valence electrons. The lowest BCUT2D eigenvalue weighted by molar-refractivity contribution is 0.556. The van der Waals surface area contributed by atoms with Crippen LogP contribution in [0, 0.1) is 0 Å². The van der Waals surface area contributed by atoms with Crippen molar-refractivity contribution in [2.24, 2.45) is 10.7 Å². The van der Waals surface area contributed by atoms with E-state index in [-0.39, 0.29) is 11.8 Å². The highest BCUT2D eigenvalue weighted by Crippen LogP contribution is 1.94. The molecule has 1 aliphatic rings. The molecular formula is C4H6ClN3. The summed E-state index contributed by atoms with van der Waals surface area (Å²) in [6.45, 7) is 0. The summed E-state index contributed by atoms with van der Waals surface area (Å²) < 4.78 is 0. The van der Waals surface area contributed by atoms with Crippen molar-refractivity contribution in [1.82, 2.24) is 5.32 Å². The van der Waals surface area contributed by atoms with E-state index in [1.807, 2.05) is 0 Å². The van der Waals surface area contributed by atoms with Gasteiger partial charge < -0.3 is 0 Å². The quantitative estimate of drug-likeness (QED) is 0.348. The zero-order valence-corrected chi connectivity index (χ0v) is 4.89. The second kappa shape index (κ2) is 2.29. The number of nitrogens with one attached hydrogen (secondary N) is 1. The van der Waals surface area contributed by atoms with E-state index in [2.05, 4.69) is 16.2 Å². The third kappa shape index (κ3) is 1.32. The maximum absolute atomic E-state index is 5.54. The van der Waals surface area contributed by atoms with Crippen molar-refractivity contribution < 1.29 is 0 Å². The molecule has 0 radical (unpaired) electrons. The molecule has 0 aromatic carbocycles. The van der Waals surface area contributed by atoms with E-state index < -0.39 is 0 Å². The Balaban J connectivity index is 2.62. The van der Waals surface area contributed by atoms with Gasteiger partial charge in [0.2, 0.25) is 0 Å². The van der Waals surface area contributed by atoms with Crippen LogP contribution in [0.15, 0.2) is 11.1 Å². The third-order valence-electron chi connectivity index (χ3n) is 0.764. The predicted molar refractivity (Wildman–Crippen MR) is 32.8 cm³/mol. The van der Waals surface area contributed by atoms with Crippen molar-refractivity contribution in [1.29, 1.82) is 0 Å². The fourth-order valence-electron chi connectivity index (χ4n) is 0.437. The standard InChI is InChI=1S/C4H6ClN3/c5-3-1-2-7-4(6)8-3/h1,3-4,8H,6H2. The van der Waals surface area contributed by atoms with Crippen molar-refractivity contribution >= 4 is 17.5 Å². The Kier molecular flexibility index (Phi) is 1.65. The van der Waals surface area contributed by atoms with E-state index in [0.29, 0.717) is 0 Å². The molecule has 3 nitrogen and oxygen atoms in total. The van der Waals surface area contributed by atoms with Gasteiger partial charge >= 0.3 is 0 Å². The second-order valence-corrected chi connectivity index (χ2v) is 1.91. The van der Waals surface area contributed by atoms with Gasteiger partial charge in [-0.2, -0.15) is 0 Å². The SMILES string of the molecule is NC1N=C=CC(Cl)N1. The Hall–Kier alpha value is -0.340. The topological polar surface area (TPSA) is 50.4 Å². The van der Waals surface area contributed by atoms with Crippen molar-refractivity contribution in [3.05, 3.63) is 6.08 Å². The van der Waals surface area contributed by atoms with Crippen LogP contribution >= 0.6 is 11.6 Å². The third-order valence-corrected chi connectivity index (χ3v) is 1.02. The molecule has 0 aromatic heterocycles. The average molecular weight is 132 g/mol. The predicted octanol–water partition coefficient (Wildman–Crippen LogP) is -0.377. The number of rotatable bonds is 0. The van der Waals surface area contributed by atoms with Crippen LogP contribution in [0.5, 0.6) is 0 Å². The number of hydrogen-bond acceptors (Lipinski definition) is 3. The van der Waals surface area contributed by atoms with Crippen molar-refractivity contribution in [2.45, 2.75) is 11.8 Å². The van der Waals surface area contributed by atoms with Crippen LogP contribution in [0.2, 0.25) is 0 Å². The smallest absolute Gasteiger partial charge is 0.161 e. The van der Waals surface area contributed by atoms with E-state index in [0.717, 1.165) is 0 Å². The summed E-state index contributed by atoms with van der Waals surface area (Å²) in [6, 6.07) is 0. The van der Waals surface area contributed by atoms with Crippen LogP contribution < -0.4 is 11.1 Å². The summed E-state index contributed by atoms with van der Waals surface area (Å²) in [5, 5.41) is 2.74. The van der Waals surface area contributed by atoms with Crippen LogP contribution in [-0.2, 0) is 0 Å². The number of halogens is 1. The van der Waals surface area contributed by atoms with E-state index >= 15 is 0 Å². The molecule has 3 N–H and O–H groups in total. The highest BCUT2D eigenvalue weighted by molar-refractivity contribution is 6.22. The molecule has 0 aliphatic carbocycles. The first-order chi connectivity index (χ1) is 3.79. The molecule has 2 unspecified atom stereocenters. The Bertz CT molecular complexity index is 126. The summed E-state index contributed by atoms with van der Waals surface area (Å²) in [5.41, 5.74) is 5.06. The molecule has 0 amide bonds. The van der Waals surface area contributed by atoms with Gasteiger partial charge in [0.1, 0.15) is 5.50 Å². The van der Waals surface area contributed by atoms with E-state index in [4.69, 9.17) is 17.3 Å². The Morgan fingerprint density at radius 1 is 1.88 bits per heavy atom. The minimum Gasteiger partial charge on any atom is -0.297 e. The number of nitrogens with zero attached hydrogens (tertiary/aromatic N) is 1. The minimum absolute atomic E-state index is 0.220. The van der Waals surface area contributed by atoms with Gasteiger partial charge in [-0.15, -0.1) is 11.6 Å². The molecule has 0 saturated heterocycles. The maximum Gasteiger partial charge on any atom is 0.161 e. The van der Waals surface area contributed by atoms with Gasteiger partial charge in [-0.05, 0) is 5.87 Å². The van der Waals surface area contributed by atoms with Gasteiger partial charge in [-0.3, -0.25) is 11.1 Å². The highest BCUT2D eigenvalue weighted by atomic mass is 35.5. The summed E-state index contributed by atoms with van der Waals surface area (Å²) >= 11 is 5.54. The van der Waals surface area contributed by atoms with Gasteiger partial charge in [0.05, 0.1) is 0 Å². The Labute approximate surface area is 52.2 Å². The molecule has 8 heavy (non-hydrogen) atoms. The molecule has 2 atom stereocenters. The lowest BCUT2D eigenvalue weighted by Crippen LogP contribution is -2.41. The lowest BCUT2D eigenvalue weighted by Gasteiger charge is -2.12. The lowest BCUT2D eigenvalue weighted by atomic mass is 10.5. The number of aliphatic imine (C=N–C) groups is 1.